The van der Waals surface area contributed by atoms with Gasteiger partial charge in [0.15, 0.2) is 11.3 Å². The van der Waals surface area contributed by atoms with Crippen molar-refractivity contribution in [1.29, 1.82) is 0 Å². The van der Waals surface area contributed by atoms with E-state index in [1.807, 2.05) is 30.3 Å². The maximum atomic E-state index is 12.8. The van der Waals surface area contributed by atoms with Crippen molar-refractivity contribution in [2.75, 3.05) is 6.61 Å². The molecule has 28 heavy (non-hydrogen) atoms. The van der Waals surface area contributed by atoms with E-state index in [0.29, 0.717) is 22.1 Å². The summed E-state index contributed by atoms with van der Waals surface area (Å²) in [5, 5.41) is 4.98. The van der Waals surface area contributed by atoms with Gasteiger partial charge in [0.05, 0.1) is 12.3 Å². The zero-order chi connectivity index (χ0) is 19.7. The number of benzene rings is 2. The van der Waals surface area contributed by atoms with Crippen LogP contribution in [0.25, 0.3) is 28.1 Å². The van der Waals surface area contributed by atoms with Gasteiger partial charge in [0.25, 0.3) is 5.56 Å². The van der Waals surface area contributed by atoms with E-state index in [2.05, 4.69) is 15.1 Å². The van der Waals surface area contributed by atoms with Crippen molar-refractivity contribution in [1.82, 2.24) is 19.7 Å². The van der Waals surface area contributed by atoms with Crippen LogP contribution in [0.5, 0.6) is 0 Å². The first kappa shape index (κ1) is 17.9. The highest BCUT2D eigenvalue weighted by atomic mass is 35.5. The van der Waals surface area contributed by atoms with E-state index in [4.69, 9.17) is 16.3 Å². The van der Waals surface area contributed by atoms with Crippen molar-refractivity contribution in [3.8, 4) is 17.1 Å². The summed E-state index contributed by atoms with van der Waals surface area (Å²) >= 11 is 5.94. The summed E-state index contributed by atoms with van der Waals surface area (Å²) in [7, 11) is 0. The second kappa shape index (κ2) is 7.28. The third kappa shape index (κ3) is 3.16. The smallest absolute Gasteiger partial charge is 0.359 e. The lowest BCUT2D eigenvalue weighted by molar-refractivity contribution is 0.0521. The minimum atomic E-state index is -0.672. The van der Waals surface area contributed by atoms with Crippen molar-refractivity contribution in [3.05, 3.63) is 75.7 Å². The summed E-state index contributed by atoms with van der Waals surface area (Å²) in [4.78, 5) is 32.5. The summed E-state index contributed by atoms with van der Waals surface area (Å²) in [5.41, 5.74) is 1.07. The Hall–Kier alpha value is -3.45. The standard InChI is InChI=1S/C20H15ClN4O3/c1-2-28-20(27)16-15-18(25(24-16)14-6-4-3-5-7-14)22-17(23-19(15)26)12-8-10-13(21)11-9-12/h3-11H,2H2,1H3,(H,22,23,26). The molecule has 0 atom stereocenters. The van der Waals surface area contributed by atoms with Crippen LogP contribution in [-0.2, 0) is 4.74 Å². The number of hydrogen-bond donors (Lipinski definition) is 1. The molecule has 2 aromatic carbocycles. The number of hydrogen-bond acceptors (Lipinski definition) is 5. The molecule has 1 N–H and O–H groups in total. The highest BCUT2D eigenvalue weighted by Gasteiger charge is 2.24. The van der Waals surface area contributed by atoms with Gasteiger partial charge < -0.3 is 9.72 Å². The number of esters is 1. The fraction of sp³-hybridized carbons (Fsp3) is 0.100. The SMILES string of the molecule is CCOC(=O)c1nn(-c2ccccc2)c2nc(-c3ccc(Cl)cc3)[nH]c(=O)c12. The first-order valence-corrected chi connectivity index (χ1v) is 8.98. The predicted molar refractivity (Wildman–Crippen MR) is 106 cm³/mol. The van der Waals surface area contributed by atoms with E-state index in [0.717, 1.165) is 0 Å². The van der Waals surface area contributed by atoms with Crippen LogP contribution in [0.1, 0.15) is 17.4 Å². The summed E-state index contributed by atoms with van der Waals surface area (Å²) in [5.74, 6) is -0.324. The number of para-hydroxylation sites is 1. The molecule has 4 rings (SSSR count). The summed E-state index contributed by atoms with van der Waals surface area (Å²) in [6.45, 7) is 1.86. The first-order valence-electron chi connectivity index (χ1n) is 8.60. The quantitative estimate of drug-likeness (QED) is 0.534. The van der Waals surface area contributed by atoms with Gasteiger partial charge in [-0.2, -0.15) is 5.10 Å². The van der Waals surface area contributed by atoms with Gasteiger partial charge in [-0.15, -0.1) is 0 Å². The van der Waals surface area contributed by atoms with Crippen LogP contribution in [-0.4, -0.2) is 32.3 Å². The summed E-state index contributed by atoms with van der Waals surface area (Å²) < 4.78 is 6.53. The number of fused-ring (bicyclic) bond motifs is 1. The molecule has 0 saturated carbocycles. The van der Waals surface area contributed by atoms with Crippen LogP contribution in [0, 0.1) is 0 Å². The van der Waals surface area contributed by atoms with Crippen molar-refractivity contribution < 1.29 is 9.53 Å². The topological polar surface area (TPSA) is 89.9 Å². The molecule has 8 heteroatoms. The molecular weight excluding hydrogens is 380 g/mol. The number of aromatic amines is 1. The van der Waals surface area contributed by atoms with E-state index in [-0.39, 0.29) is 23.3 Å². The second-order valence-corrected chi connectivity index (χ2v) is 6.37. The van der Waals surface area contributed by atoms with Gasteiger partial charge in [-0.25, -0.2) is 14.5 Å². The molecule has 4 aromatic rings. The van der Waals surface area contributed by atoms with Gasteiger partial charge in [0.1, 0.15) is 11.2 Å². The molecule has 0 radical (unpaired) electrons. The average Bonchev–Trinajstić information content (AvgIpc) is 3.10. The Kier molecular flexibility index (Phi) is 4.67. The third-order valence-electron chi connectivity index (χ3n) is 4.12. The van der Waals surface area contributed by atoms with E-state index < -0.39 is 11.5 Å². The number of nitrogens with zero attached hydrogens (tertiary/aromatic N) is 3. The number of ether oxygens (including phenoxy) is 1. The van der Waals surface area contributed by atoms with Gasteiger partial charge in [-0.05, 0) is 43.3 Å². The maximum absolute atomic E-state index is 12.8. The summed E-state index contributed by atoms with van der Waals surface area (Å²) in [6, 6.07) is 16.1. The predicted octanol–water partition coefficient (Wildman–Crippen LogP) is 3.61. The molecule has 0 aliphatic heterocycles. The number of carbonyl (C=O) groups is 1. The van der Waals surface area contributed by atoms with Crippen LogP contribution in [0.15, 0.2) is 59.4 Å². The van der Waals surface area contributed by atoms with Gasteiger partial charge in [-0.3, -0.25) is 4.79 Å². The molecular formula is C20H15ClN4O3. The zero-order valence-electron chi connectivity index (χ0n) is 14.8. The van der Waals surface area contributed by atoms with E-state index in [9.17, 15) is 9.59 Å². The van der Waals surface area contributed by atoms with E-state index in [1.165, 1.54) is 4.68 Å². The first-order chi connectivity index (χ1) is 13.6. The van der Waals surface area contributed by atoms with Crippen LogP contribution in [0.3, 0.4) is 0 Å². The molecule has 0 saturated heterocycles. The number of aromatic nitrogens is 4. The Labute approximate surface area is 164 Å². The lowest BCUT2D eigenvalue weighted by Crippen LogP contribution is -2.13. The molecule has 0 amide bonds. The normalized spacial score (nSPS) is 10.9. The molecule has 0 spiro atoms. The van der Waals surface area contributed by atoms with Crippen molar-refractivity contribution >= 4 is 28.6 Å². The minimum absolute atomic E-state index is 0.0721. The van der Waals surface area contributed by atoms with Crippen LogP contribution < -0.4 is 5.56 Å². The number of H-pyrrole nitrogens is 1. The lowest BCUT2D eigenvalue weighted by atomic mass is 10.2. The third-order valence-corrected chi connectivity index (χ3v) is 4.38. The fourth-order valence-corrected chi connectivity index (χ4v) is 2.99. The van der Waals surface area contributed by atoms with Gasteiger partial charge in [0.2, 0.25) is 0 Å². The van der Waals surface area contributed by atoms with Crippen molar-refractivity contribution in [2.24, 2.45) is 0 Å². The van der Waals surface area contributed by atoms with Gasteiger partial charge >= 0.3 is 5.97 Å². The number of rotatable bonds is 4. The zero-order valence-corrected chi connectivity index (χ0v) is 15.6. The molecule has 2 heterocycles. The van der Waals surface area contributed by atoms with Gasteiger partial charge in [0, 0.05) is 10.6 Å². The van der Waals surface area contributed by atoms with Crippen molar-refractivity contribution in [3.63, 3.8) is 0 Å². The Bertz CT molecular complexity index is 1210. The molecule has 7 nitrogen and oxygen atoms in total. The highest BCUT2D eigenvalue weighted by molar-refractivity contribution is 6.30. The molecule has 140 valence electrons. The largest absolute Gasteiger partial charge is 0.461 e. The van der Waals surface area contributed by atoms with Gasteiger partial charge in [-0.1, -0.05) is 29.8 Å². The molecule has 0 fully saturated rings. The van der Waals surface area contributed by atoms with Crippen LogP contribution in [0.2, 0.25) is 5.02 Å². The molecule has 0 unspecified atom stereocenters. The molecule has 0 bridgehead atoms. The number of halogens is 1. The highest BCUT2D eigenvalue weighted by Crippen LogP contribution is 2.22. The maximum Gasteiger partial charge on any atom is 0.359 e. The number of carbonyl (C=O) groups excluding carboxylic acids is 1. The van der Waals surface area contributed by atoms with Crippen molar-refractivity contribution in [2.45, 2.75) is 6.92 Å². The van der Waals surface area contributed by atoms with Crippen LogP contribution in [0.4, 0.5) is 0 Å². The Morgan fingerprint density at radius 3 is 2.54 bits per heavy atom. The molecule has 2 aromatic heterocycles. The monoisotopic (exact) mass is 394 g/mol. The van der Waals surface area contributed by atoms with Crippen LogP contribution >= 0.6 is 11.6 Å². The second-order valence-electron chi connectivity index (χ2n) is 5.94. The Morgan fingerprint density at radius 1 is 1.14 bits per heavy atom. The summed E-state index contributed by atoms with van der Waals surface area (Å²) in [6.07, 6.45) is 0. The lowest BCUT2D eigenvalue weighted by Gasteiger charge is -2.04. The van der Waals surface area contributed by atoms with E-state index in [1.54, 1.807) is 31.2 Å². The van der Waals surface area contributed by atoms with E-state index >= 15 is 0 Å². The molecule has 0 aliphatic rings. The Balaban J connectivity index is 2.00. The Morgan fingerprint density at radius 2 is 1.86 bits per heavy atom. The fourth-order valence-electron chi connectivity index (χ4n) is 2.86. The number of nitrogens with one attached hydrogen (secondary N) is 1. The molecule has 0 aliphatic carbocycles. The minimum Gasteiger partial charge on any atom is -0.461 e. The average molecular weight is 395 g/mol.